The van der Waals surface area contributed by atoms with Crippen LogP contribution in [0.3, 0.4) is 0 Å². The molecule has 3 aromatic heterocycles. The Hall–Kier alpha value is -4.59. The molecule has 0 saturated heterocycles. The van der Waals surface area contributed by atoms with Crippen molar-refractivity contribution >= 4 is 29.4 Å². The second-order valence-corrected chi connectivity index (χ2v) is 7.84. The van der Waals surface area contributed by atoms with Gasteiger partial charge in [-0.25, -0.2) is 9.78 Å². The summed E-state index contributed by atoms with van der Waals surface area (Å²) in [5.41, 5.74) is 1.03. The lowest BCUT2D eigenvalue weighted by molar-refractivity contribution is -0.140. The van der Waals surface area contributed by atoms with E-state index >= 15 is 0 Å². The number of carboxylic acids is 1. The van der Waals surface area contributed by atoms with Gasteiger partial charge in [-0.3, -0.25) is 10.1 Å². The maximum Gasteiger partial charge on any atom is 0.414 e. The molecule has 1 fully saturated rings. The van der Waals surface area contributed by atoms with Gasteiger partial charge in [-0.1, -0.05) is 24.3 Å². The van der Waals surface area contributed by atoms with E-state index in [-0.39, 0.29) is 34.8 Å². The molecule has 172 valence electrons. The van der Waals surface area contributed by atoms with Crippen LogP contribution in [0.5, 0.6) is 0 Å². The average Bonchev–Trinajstić information content (AvgIpc) is 3.12. The highest BCUT2D eigenvalue weighted by atomic mass is 16.6. The number of nitrogens with one attached hydrogen (secondary N) is 1. The van der Waals surface area contributed by atoms with Gasteiger partial charge in [0.25, 0.3) is 17.3 Å². The summed E-state index contributed by atoms with van der Waals surface area (Å²) < 4.78 is 21.5. The van der Waals surface area contributed by atoms with Gasteiger partial charge in [0.05, 0.1) is 0 Å². The number of fused-ring (bicyclic) bond motifs is 1. The molecule has 0 aliphatic heterocycles. The summed E-state index contributed by atoms with van der Waals surface area (Å²) in [6.45, 7) is 3.70. The molecule has 0 bridgehead atoms. The van der Waals surface area contributed by atoms with Crippen molar-refractivity contribution in [2.24, 2.45) is 0 Å². The Labute approximate surface area is 192 Å². The number of benzene rings is 1. The molecule has 5 rings (SSSR count). The van der Waals surface area contributed by atoms with E-state index in [4.69, 9.17) is 18.0 Å². The summed E-state index contributed by atoms with van der Waals surface area (Å²) >= 11 is 0. The minimum absolute atomic E-state index is 0.00210. The molecule has 0 spiro atoms. The second-order valence-electron chi connectivity index (χ2n) is 7.84. The quantitative estimate of drug-likeness (QED) is 0.417. The number of carbonyl (C=O) groups is 2. The van der Waals surface area contributed by atoms with Crippen LogP contribution in [0, 0.1) is 18.8 Å². The number of nitrogens with zero attached hydrogens (tertiary/aromatic N) is 3. The first-order valence-electron chi connectivity index (χ1n) is 10.4. The number of carboxylic acid groups (broad SMARTS) is 1. The van der Waals surface area contributed by atoms with E-state index in [1.165, 1.54) is 0 Å². The Morgan fingerprint density at radius 2 is 1.94 bits per heavy atom. The highest BCUT2D eigenvalue weighted by Crippen LogP contribution is 2.48. The minimum Gasteiger partial charge on any atom is -0.480 e. The normalized spacial score (nSPS) is 14.8. The smallest absolute Gasteiger partial charge is 0.414 e. The predicted octanol–water partition coefficient (Wildman–Crippen LogP) is 3.94. The molecule has 1 aliphatic rings. The average molecular weight is 462 g/mol. The first-order valence-corrected chi connectivity index (χ1v) is 10.4. The Bertz CT molecular complexity index is 1430. The lowest BCUT2D eigenvalue weighted by Crippen LogP contribution is -2.19. The molecular formula is C23H18N4O7. The van der Waals surface area contributed by atoms with Crippen molar-refractivity contribution in [3.8, 4) is 11.8 Å². The van der Waals surface area contributed by atoms with Crippen LogP contribution in [0.15, 0.2) is 43.9 Å². The summed E-state index contributed by atoms with van der Waals surface area (Å²) in [6.07, 6.45) is 0.821. The monoisotopic (exact) mass is 462 g/mol. The van der Waals surface area contributed by atoms with Crippen LogP contribution in [0.4, 0.5) is 10.7 Å². The van der Waals surface area contributed by atoms with E-state index in [0.29, 0.717) is 12.8 Å². The van der Waals surface area contributed by atoms with Gasteiger partial charge in [-0.15, -0.1) is 0 Å². The zero-order chi connectivity index (χ0) is 23.9. The summed E-state index contributed by atoms with van der Waals surface area (Å²) in [4.78, 5) is 35.9. The number of aryl methyl sites for hydroxylation is 1. The van der Waals surface area contributed by atoms with E-state index in [0.717, 1.165) is 17.5 Å². The van der Waals surface area contributed by atoms with Crippen molar-refractivity contribution in [2.75, 3.05) is 5.32 Å². The fourth-order valence-electron chi connectivity index (χ4n) is 3.47. The van der Waals surface area contributed by atoms with E-state index in [9.17, 15) is 14.7 Å². The molecule has 34 heavy (non-hydrogen) atoms. The van der Waals surface area contributed by atoms with Gasteiger partial charge in [-0.2, -0.15) is 9.97 Å². The molecule has 11 heteroatoms. The molecule has 1 aliphatic carbocycles. The highest BCUT2D eigenvalue weighted by Gasteiger charge is 2.56. The Kier molecular flexibility index (Phi) is 5.05. The van der Waals surface area contributed by atoms with Crippen molar-refractivity contribution in [3.05, 3.63) is 59.3 Å². The summed E-state index contributed by atoms with van der Waals surface area (Å²) in [5.74, 6) is 4.40. The van der Waals surface area contributed by atoms with Crippen molar-refractivity contribution in [1.29, 1.82) is 0 Å². The lowest BCUT2D eigenvalue weighted by atomic mass is 10.1. The number of amides is 1. The highest BCUT2D eigenvalue weighted by molar-refractivity contribution is 5.85. The number of aliphatic carboxylic acids is 1. The maximum absolute atomic E-state index is 12.3. The largest absolute Gasteiger partial charge is 0.480 e. The summed E-state index contributed by atoms with van der Waals surface area (Å²) in [5, 5.41) is 11.8. The maximum atomic E-state index is 12.3. The van der Waals surface area contributed by atoms with E-state index in [1.807, 2.05) is 31.2 Å². The Balaban J connectivity index is 1.27. The van der Waals surface area contributed by atoms with Crippen LogP contribution in [-0.2, 0) is 14.9 Å². The fraction of sp³-hybridized carbons (Fsp3) is 0.261. The zero-order valence-corrected chi connectivity index (χ0v) is 18.1. The number of rotatable bonds is 5. The predicted molar refractivity (Wildman–Crippen MR) is 115 cm³/mol. The molecule has 1 unspecified atom stereocenters. The van der Waals surface area contributed by atoms with Crippen molar-refractivity contribution in [1.82, 2.24) is 15.0 Å². The van der Waals surface area contributed by atoms with Crippen molar-refractivity contribution in [3.63, 3.8) is 0 Å². The van der Waals surface area contributed by atoms with Gasteiger partial charge < -0.3 is 23.1 Å². The standard InChI is InChI=1S/C23H18N4O7/c1-12-5-3-4-6-14(12)13(2)32-22(30)27-17-15(24-11-31-17)7-8-16-25-18-19(33-16)26-20(34-18)23(9-10-23)21(28)29/h3-6,11,13H,9-10H2,1-2H3,(H,27,30)(H,28,29). The van der Waals surface area contributed by atoms with Crippen LogP contribution in [0.1, 0.15) is 54.5 Å². The van der Waals surface area contributed by atoms with Crippen molar-refractivity contribution in [2.45, 2.75) is 38.2 Å². The molecule has 3 heterocycles. The third-order valence-electron chi connectivity index (χ3n) is 5.53. The number of hydrogen-bond acceptors (Lipinski definition) is 9. The first-order chi connectivity index (χ1) is 16.4. The molecule has 0 radical (unpaired) electrons. The van der Waals surface area contributed by atoms with Crippen LogP contribution in [0.25, 0.3) is 11.4 Å². The number of oxazole rings is 3. The molecule has 2 N–H and O–H groups in total. The third-order valence-corrected chi connectivity index (χ3v) is 5.53. The first kappa shape index (κ1) is 21.3. The van der Waals surface area contributed by atoms with Gasteiger partial charge in [0.15, 0.2) is 12.1 Å². The van der Waals surface area contributed by atoms with Gasteiger partial charge in [-0.05, 0) is 43.7 Å². The van der Waals surface area contributed by atoms with Crippen LogP contribution < -0.4 is 5.32 Å². The second kappa shape index (κ2) is 8.08. The molecule has 1 atom stereocenters. The van der Waals surface area contributed by atoms with Crippen molar-refractivity contribution < 1.29 is 32.7 Å². The Morgan fingerprint density at radius 3 is 2.65 bits per heavy atom. The number of ether oxygens (including phenoxy) is 1. The molecule has 1 aromatic carbocycles. The van der Waals surface area contributed by atoms with E-state index in [2.05, 4.69) is 32.1 Å². The fourth-order valence-corrected chi connectivity index (χ4v) is 3.47. The lowest BCUT2D eigenvalue weighted by Gasteiger charge is -2.15. The van der Waals surface area contributed by atoms with E-state index in [1.54, 1.807) is 6.92 Å². The molecule has 1 saturated carbocycles. The van der Waals surface area contributed by atoms with Crippen LogP contribution in [0.2, 0.25) is 0 Å². The molecular weight excluding hydrogens is 444 g/mol. The minimum atomic E-state index is -1.10. The summed E-state index contributed by atoms with van der Waals surface area (Å²) in [7, 11) is 0. The van der Waals surface area contributed by atoms with Gasteiger partial charge >= 0.3 is 12.1 Å². The zero-order valence-electron chi connectivity index (χ0n) is 18.1. The number of hydrogen-bond donors (Lipinski definition) is 2. The SMILES string of the molecule is Cc1ccccc1C(C)OC(=O)Nc1ocnc1C#Cc1nc2oc(C3(C(=O)O)CC3)nc2o1. The number of carbonyl (C=O) groups excluding carboxylic acids is 1. The van der Waals surface area contributed by atoms with Gasteiger partial charge in [0.1, 0.15) is 11.5 Å². The topological polar surface area (TPSA) is 154 Å². The van der Waals surface area contributed by atoms with E-state index < -0.39 is 23.6 Å². The number of anilines is 1. The number of aromatic nitrogens is 3. The molecule has 1 amide bonds. The van der Waals surface area contributed by atoms with Gasteiger partial charge in [0, 0.05) is 5.92 Å². The van der Waals surface area contributed by atoms with Crippen LogP contribution >= 0.6 is 0 Å². The third kappa shape index (κ3) is 3.86. The Morgan fingerprint density at radius 1 is 1.18 bits per heavy atom. The molecule has 4 aromatic rings. The van der Waals surface area contributed by atoms with Gasteiger partial charge in [0.2, 0.25) is 11.8 Å². The molecule has 11 nitrogen and oxygen atoms in total. The summed E-state index contributed by atoms with van der Waals surface area (Å²) in [6, 6.07) is 7.60. The van der Waals surface area contributed by atoms with Crippen LogP contribution in [-0.4, -0.2) is 32.1 Å².